The van der Waals surface area contributed by atoms with Crippen LogP contribution in [0.25, 0.3) is 5.69 Å². The summed E-state index contributed by atoms with van der Waals surface area (Å²) in [7, 11) is 1.39. The summed E-state index contributed by atoms with van der Waals surface area (Å²) in [5, 5.41) is 0.481. The first kappa shape index (κ1) is 20.0. The highest BCUT2D eigenvalue weighted by Gasteiger charge is 2.29. The fourth-order valence-corrected chi connectivity index (χ4v) is 5.41. The van der Waals surface area contributed by atoms with Gasteiger partial charge in [0.15, 0.2) is 5.16 Å². The lowest BCUT2D eigenvalue weighted by Gasteiger charge is -2.18. The van der Waals surface area contributed by atoms with E-state index in [1.54, 1.807) is 16.3 Å². The number of thioether (sulfide) groups is 2. The van der Waals surface area contributed by atoms with Gasteiger partial charge in [0.25, 0.3) is 5.56 Å². The summed E-state index contributed by atoms with van der Waals surface area (Å²) in [4.78, 5) is 31.0. The molecule has 1 aliphatic rings. The predicted octanol–water partition coefficient (Wildman–Crippen LogP) is 3.93. The van der Waals surface area contributed by atoms with Crippen LogP contribution in [-0.2, 0) is 16.0 Å². The fraction of sp³-hybridized carbons (Fsp3) is 0.450. The summed E-state index contributed by atoms with van der Waals surface area (Å²) >= 11 is 2.89. The molecule has 0 fully saturated rings. The summed E-state index contributed by atoms with van der Waals surface area (Å²) in [5.41, 5.74) is 3.72. The number of fused-ring (bicyclic) bond motifs is 1. The van der Waals surface area contributed by atoms with Gasteiger partial charge in [-0.3, -0.25) is 14.2 Å². The molecule has 0 spiro atoms. The number of hydrogen-bond acceptors (Lipinski definition) is 6. The summed E-state index contributed by atoms with van der Waals surface area (Å²) in [5.74, 6) is -0.299. The van der Waals surface area contributed by atoms with Crippen LogP contribution in [0.2, 0.25) is 0 Å². The summed E-state index contributed by atoms with van der Waals surface area (Å²) < 4.78 is 6.57. The van der Waals surface area contributed by atoms with Crippen molar-refractivity contribution in [1.29, 1.82) is 0 Å². The predicted molar refractivity (Wildman–Crippen MR) is 110 cm³/mol. The number of aromatic nitrogens is 2. The normalized spacial score (nSPS) is 16.9. The number of aryl methyl sites for hydroxylation is 2. The Kier molecular flexibility index (Phi) is 6.01. The highest BCUT2D eigenvalue weighted by atomic mass is 32.2. The van der Waals surface area contributed by atoms with E-state index >= 15 is 0 Å². The molecule has 1 aliphatic heterocycles. The Morgan fingerprint density at radius 2 is 2.04 bits per heavy atom. The molecule has 0 aliphatic carbocycles. The van der Waals surface area contributed by atoms with Crippen molar-refractivity contribution < 1.29 is 9.53 Å². The molecule has 0 radical (unpaired) electrons. The minimum absolute atomic E-state index is 0.0541. The van der Waals surface area contributed by atoms with Crippen LogP contribution >= 0.6 is 23.5 Å². The minimum Gasteiger partial charge on any atom is -0.468 e. The van der Waals surface area contributed by atoms with E-state index in [2.05, 4.69) is 13.0 Å². The Bertz CT molecular complexity index is 919. The molecule has 27 heavy (non-hydrogen) atoms. The van der Waals surface area contributed by atoms with Crippen molar-refractivity contribution in [2.45, 2.75) is 61.1 Å². The molecule has 0 bridgehead atoms. The molecule has 2 aromatic rings. The molecule has 0 N–H and O–H groups in total. The molecule has 1 aromatic heterocycles. The lowest BCUT2D eigenvalue weighted by Crippen LogP contribution is -2.26. The van der Waals surface area contributed by atoms with Gasteiger partial charge in [-0.15, -0.1) is 11.8 Å². The quantitative estimate of drug-likeness (QED) is 0.427. The molecule has 1 aromatic carbocycles. The van der Waals surface area contributed by atoms with Crippen molar-refractivity contribution in [1.82, 2.24) is 9.55 Å². The molecule has 5 nitrogen and oxygen atoms in total. The lowest BCUT2D eigenvalue weighted by molar-refractivity contribution is -0.140. The van der Waals surface area contributed by atoms with Crippen LogP contribution in [0.4, 0.5) is 0 Å². The highest BCUT2D eigenvalue weighted by Crippen LogP contribution is 2.36. The second-order valence-electron chi connectivity index (χ2n) is 6.83. The molecule has 0 amide bonds. The maximum Gasteiger partial charge on any atom is 0.319 e. The van der Waals surface area contributed by atoms with E-state index in [1.165, 1.54) is 18.9 Å². The molecule has 2 heterocycles. The van der Waals surface area contributed by atoms with Gasteiger partial charge in [-0.2, -0.15) is 0 Å². The number of rotatable bonds is 5. The van der Waals surface area contributed by atoms with Gasteiger partial charge in [-0.1, -0.05) is 31.7 Å². The van der Waals surface area contributed by atoms with Crippen molar-refractivity contribution in [2.75, 3.05) is 7.11 Å². The zero-order valence-electron chi connectivity index (χ0n) is 16.2. The van der Waals surface area contributed by atoms with E-state index in [0.717, 1.165) is 33.8 Å². The van der Waals surface area contributed by atoms with E-state index < -0.39 is 5.25 Å². The zero-order chi connectivity index (χ0) is 19.7. The number of ether oxygens (including phenoxy) is 1. The first-order valence-electron chi connectivity index (χ1n) is 8.99. The SMILES string of the molecule is CC[C@@H](Sc1nc2c(c(=O)n1-c1cc(C)cc(C)c1)S[C@H](C)C2)C(=O)OC. The Balaban J connectivity index is 2.19. The van der Waals surface area contributed by atoms with Crippen LogP contribution in [0.3, 0.4) is 0 Å². The Morgan fingerprint density at radius 1 is 1.37 bits per heavy atom. The number of carbonyl (C=O) groups is 1. The van der Waals surface area contributed by atoms with Gasteiger partial charge in [0.1, 0.15) is 5.25 Å². The number of benzene rings is 1. The van der Waals surface area contributed by atoms with Crippen LogP contribution in [0, 0.1) is 13.8 Å². The zero-order valence-corrected chi connectivity index (χ0v) is 17.9. The molecule has 3 rings (SSSR count). The van der Waals surface area contributed by atoms with Crippen LogP contribution in [-0.4, -0.2) is 33.1 Å². The number of esters is 1. The molecular weight excluding hydrogens is 380 g/mol. The third-order valence-corrected chi connectivity index (χ3v) is 6.94. The maximum absolute atomic E-state index is 13.3. The van der Waals surface area contributed by atoms with Crippen molar-refractivity contribution in [3.8, 4) is 5.69 Å². The van der Waals surface area contributed by atoms with Gasteiger partial charge >= 0.3 is 5.97 Å². The number of nitrogens with zero attached hydrogens (tertiary/aromatic N) is 2. The molecule has 2 atom stereocenters. The molecule has 0 saturated carbocycles. The summed E-state index contributed by atoms with van der Waals surface area (Å²) in [6, 6.07) is 6.03. The molecular formula is C20H24N2O3S2. The third kappa shape index (κ3) is 4.09. The summed E-state index contributed by atoms with van der Waals surface area (Å²) in [6.45, 7) is 8.05. The first-order valence-corrected chi connectivity index (χ1v) is 10.8. The number of carbonyl (C=O) groups excluding carboxylic acids is 1. The largest absolute Gasteiger partial charge is 0.468 e. The van der Waals surface area contributed by atoms with Crippen molar-refractivity contribution in [3.05, 3.63) is 45.4 Å². The fourth-order valence-electron chi connectivity index (χ4n) is 3.24. The molecule has 0 saturated heterocycles. The number of methoxy groups -OCH3 is 1. The van der Waals surface area contributed by atoms with Gasteiger partial charge < -0.3 is 4.74 Å². The van der Waals surface area contributed by atoms with Gasteiger partial charge in [0.2, 0.25) is 0 Å². The van der Waals surface area contributed by atoms with Gasteiger partial charge in [0.05, 0.1) is 23.4 Å². The average molecular weight is 405 g/mol. The second-order valence-corrected chi connectivity index (χ2v) is 9.45. The average Bonchev–Trinajstić information content (AvgIpc) is 2.98. The van der Waals surface area contributed by atoms with Crippen LogP contribution in [0.5, 0.6) is 0 Å². The van der Waals surface area contributed by atoms with E-state index in [1.807, 2.05) is 32.9 Å². The van der Waals surface area contributed by atoms with E-state index in [-0.39, 0.29) is 11.5 Å². The van der Waals surface area contributed by atoms with Crippen molar-refractivity contribution in [2.24, 2.45) is 0 Å². The Labute approximate surface area is 167 Å². The van der Waals surface area contributed by atoms with E-state index in [9.17, 15) is 9.59 Å². The molecule has 0 unspecified atom stereocenters. The third-order valence-electron chi connectivity index (χ3n) is 4.43. The maximum atomic E-state index is 13.3. The smallest absolute Gasteiger partial charge is 0.319 e. The molecule has 144 valence electrons. The van der Waals surface area contributed by atoms with Gasteiger partial charge in [-0.05, 0) is 43.5 Å². The van der Waals surface area contributed by atoms with Crippen LogP contribution < -0.4 is 5.56 Å². The molecule has 7 heteroatoms. The van der Waals surface area contributed by atoms with Crippen LogP contribution in [0.15, 0.2) is 33.0 Å². The minimum atomic E-state index is -0.399. The van der Waals surface area contributed by atoms with Crippen LogP contribution in [0.1, 0.15) is 37.1 Å². The Hall–Kier alpha value is -1.73. The second kappa shape index (κ2) is 8.10. The number of hydrogen-bond donors (Lipinski definition) is 0. The first-order chi connectivity index (χ1) is 12.8. The van der Waals surface area contributed by atoms with Crippen molar-refractivity contribution in [3.63, 3.8) is 0 Å². The van der Waals surface area contributed by atoms with Gasteiger partial charge in [0, 0.05) is 11.7 Å². The standard InChI is InChI=1S/C20H24N2O3S2/c1-6-16(19(24)25-5)27-20-21-15-10-13(4)26-17(15)18(23)22(20)14-8-11(2)7-12(3)9-14/h7-9,13,16H,6,10H2,1-5H3/t13-,16-/m1/s1. The van der Waals surface area contributed by atoms with E-state index in [4.69, 9.17) is 9.72 Å². The topological polar surface area (TPSA) is 61.2 Å². The van der Waals surface area contributed by atoms with Gasteiger partial charge in [-0.25, -0.2) is 4.98 Å². The van der Waals surface area contributed by atoms with Crippen molar-refractivity contribution >= 4 is 29.5 Å². The Morgan fingerprint density at radius 3 is 2.63 bits per heavy atom. The summed E-state index contributed by atoms with van der Waals surface area (Å²) in [6.07, 6.45) is 1.37. The monoisotopic (exact) mass is 404 g/mol. The highest BCUT2D eigenvalue weighted by molar-refractivity contribution is 8.00. The lowest BCUT2D eigenvalue weighted by atomic mass is 10.1. The van der Waals surface area contributed by atoms with E-state index in [0.29, 0.717) is 16.8 Å².